The van der Waals surface area contributed by atoms with Gasteiger partial charge in [0.05, 0.1) is 5.92 Å². The van der Waals surface area contributed by atoms with Gasteiger partial charge in [0.1, 0.15) is 0 Å². The molecule has 0 heterocycles. The van der Waals surface area contributed by atoms with Crippen molar-refractivity contribution in [1.29, 1.82) is 0 Å². The molecule has 2 aromatic carbocycles. The molecule has 0 aliphatic rings. The third-order valence-electron chi connectivity index (χ3n) is 3.42. The Hall–Kier alpha value is -2.29. The molecular formula is C16H18N2O. The SMILES string of the molecule is Cc1c(N)cccc1C(Cc1ccccc1)C(N)=O. The Kier molecular flexibility index (Phi) is 3.85. The van der Waals surface area contributed by atoms with Crippen molar-refractivity contribution in [2.75, 3.05) is 5.73 Å². The molecule has 0 aliphatic carbocycles. The molecule has 0 aromatic heterocycles. The number of carbonyl (C=O) groups excluding carboxylic acids is 1. The first-order chi connectivity index (χ1) is 9.09. The van der Waals surface area contributed by atoms with Crippen molar-refractivity contribution in [2.24, 2.45) is 5.73 Å². The van der Waals surface area contributed by atoms with Crippen LogP contribution in [0, 0.1) is 6.92 Å². The van der Waals surface area contributed by atoms with Crippen molar-refractivity contribution < 1.29 is 4.79 Å². The lowest BCUT2D eigenvalue weighted by Gasteiger charge is -2.17. The van der Waals surface area contributed by atoms with Gasteiger partial charge in [0.15, 0.2) is 0 Å². The van der Waals surface area contributed by atoms with Crippen LogP contribution in [-0.4, -0.2) is 5.91 Å². The zero-order chi connectivity index (χ0) is 13.8. The van der Waals surface area contributed by atoms with E-state index < -0.39 is 0 Å². The summed E-state index contributed by atoms with van der Waals surface area (Å²) >= 11 is 0. The van der Waals surface area contributed by atoms with Gasteiger partial charge in [-0.15, -0.1) is 0 Å². The largest absolute Gasteiger partial charge is 0.399 e. The van der Waals surface area contributed by atoms with Gasteiger partial charge in [0, 0.05) is 5.69 Å². The number of amides is 1. The van der Waals surface area contributed by atoms with E-state index in [4.69, 9.17) is 11.5 Å². The van der Waals surface area contributed by atoms with Crippen LogP contribution in [0.1, 0.15) is 22.6 Å². The van der Waals surface area contributed by atoms with Gasteiger partial charge < -0.3 is 11.5 Å². The molecule has 2 aromatic rings. The van der Waals surface area contributed by atoms with Crippen molar-refractivity contribution >= 4 is 11.6 Å². The molecule has 0 saturated carbocycles. The van der Waals surface area contributed by atoms with Gasteiger partial charge in [-0.05, 0) is 36.1 Å². The number of hydrogen-bond acceptors (Lipinski definition) is 2. The van der Waals surface area contributed by atoms with Crippen LogP contribution in [0.25, 0.3) is 0 Å². The smallest absolute Gasteiger partial charge is 0.225 e. The number of anilines is 1. The highest BCUT2D eigenvalue weighted by Gasteiger charge is 2.20. The minimum Gasteiger partial charge on any atom is -0.399 e. The highest BCUT2D eigenvalue weighted by molar-refractivity contribution is 5.83. The van der Waals surface area contributed by atoms with Crippen LogP contribution in [-0.2, 0) is 11.2 Å². The summed E-state index contributed by atoms with van der Waals surface area (Å²) in [6.45, 7) is 1.92. The summed E-state index contributed by atoms with van der Waals surface area (Å²) in [5.41, 5.74) is 15.1. The normalized spacial score (nSPS) is 12.1. The van der Waals surface area contributed by atoms with Crippen molar-refractivity contribution in [3.05, 3.63) is 65.2 Å². The third kappa shape index (κ3) is 2.94. The van der Waals surface area contributed by atoms with Gasteiger partial charge in [-0.1, -0.05) is 42.5 Å². The van der Waals surface area contributed by atoms with Gasteiger partial charge in [0.25, 0.3) is 0 Å². The Morgan fingerprint density at radius 2 is 1.79 bits per heavy atom. The second-order valence-corrected chi connectivity index (χ2v) is 4.71. The number of hydrogen-bond donors (Lipinski definition) is 2. The van der Waals surface area contributed by atoms with Gasteiger partial charge in [-0.3, -0.25) is 4.79 Å². The summed E-state index contributed by atoms with van der Waals surface area (Å²) in [7, 11) is 0. The van der Waals surface area contributed by atoms with Gasteiger partial charge >= 0.3 is 0 Å². The molecule has 1 atom stereocenters. The predicted octanol–water partition coefficient (Wildman–Crippen LogP) is 2.39. The topological polar surface area (TPSA) is 69.1 Å². The molecule has 19 heavy (non-hydrogen) atoms. The molecular weight excluding hydrogens is 236 g/mol. The van der Waals surface area contributed by atoms with Crippen LogP contribution >= 0.6 is 0 Å². The second-order valence-electron chi connectivity index (χ2n) is 4.71. The lowest BCUT2D eigenvalue weighted by Crippen LogP contribution is -2.24. The maximum atomic E-state index is 11.7. The molecule has 0 radical (unpaired) electrons. The van der Waals surface area contributed by atoms with E-state index in [9.17, 15) is 4.79 Å². The molecule has 4 N–H and O–H groups in total. The quantitative estimate of drug-likeness (QED) is 0.822. The van der Waals surface area contributed by atoms with E-state index in [1.54, 1.807) is 0 Å². The lowest BCUT2D eigenvalue weighted by molar-refractivity contribution is -0.119. The van der Waals surface area contributed by atoms with E-state index >= 15 is 0 Å². The fraction of sp³-hybridized carbons (Fsp3) is 0.188. The third-order valence-corrected chi connectivity index (χ3v) is 3.42. The van der Waals surface area contributed by atoms with Crippen molar-refractivity contribution in [2.45, 2.75) is 19.3 Å². The Balaban J connectivity index is 2.36. The lowest BCUT2D eigenvalue weighted by atomic mass is 9.88. The molecule has 98 valence electrons. The van der Waals surface area contributed by atoms with Gasteiger partial charge in [0.2, 0.25) is 5.91 Å². The van der Waals surface area contributed by atoms with E-state index in [-0.39, 0.29) is 11.8 Å². The zero-order valence-corrected chi connectivity index (χ0v) is 11.0. The van der Waals surface area contributed by atoms with Crippen molar-refractivity contribution in [3.8, 4) is 0 Å². The van der Waals surface area contributed by atoms with E-state index in [1.165, 1.54) is 0 Å². The van der Waals surface area contributed by atoms with Crippen LogP contribution in [0.5, 0.6) is 0 Å². The van der Waals surface area contributed by atoms with Gasteiger partial charge in [-0.2, -0.15) is 0 Å². The minimum atomic E-state index is -0.342. The van der Waals surface area contributed by atoms with E-state index in [0.29, 0.717) is 12.1 Å². The van der Waals surface area contributed by atoms with Crippen LogP contribution in [0.15, 0.2) is 48.5 Å². The molecule has 0 fully saturated rings. The second kappa shape index (κ2) is 5.57. The fourth-order valence-corrected chi connectivity index (χ4v) is 2.26. The summed E-state index contributed by atoms with van der Waals surface area (Å²) in [6, 6.07) is 15.5. The highest BCUT2D eigenvalue weighted by Crippen LogP contribution is 2.26. The maximum Gasteiger partial charge on any atom is 0.225 e. The number of primary amides is 1. The number of benzene rings is 2. The average Bonchev–Trinajstić information content (AvgIpc) is 2.40. The maximum absolute atomic E-state index is 11.7. The first-order valence-corrected chi connectivity index (χ1v) is 6.28. The standard InChI is InChI=1S/C16H18N2O/c1-11-13(8-5-9-15(11)17)14(16(18)19)10-12-6-3-2-4-7-12/h2-9,14H,10,17H2,1H3,(H2,18,19). The van der Waals surface area contributed by atoms with E-state index in [0.717, 1.165) is 16.7 Å². The molecule has 3 heteroatoms. The number of rotatable bonds is 4. The average molecular weight is 254 g/mol. The first kappa shape index (κ1) is 13.1. The van der Waals surface area contributed by atoms with Gasteiger partial charge in [-0.25, -0.2) is 0 Å². The summed E-state index contributed by atoms with van der Waals surface area (Å²) < 4.78 is 0. The Labute approximate surface area is 113 Å². The van der Waals surface area contributed by atoms with Crippen LogP contribution in [0.4, 0.5) is 5.69 Å². The number of nitrogens with two attached hydrogens (primary N) is 2. The molecule has 2 rings (SSSR count). The zero-order valence-electron chi connectivity index (χ0n) is 11.0. The molecule has 3 nitrogen and oxygen atoms in total. The Morgan fingerprint density at radius 3 is 2.42 bits per heavy atom. The molecule has 0 aliphatic heterocycles. The molecule has 1 amide bonds. The predicted molar refractivity (Wildman–Crippen MR) is 77.7 cm³/mol. The molecule has 0 spiro atoms. The number of carbonyl (C=O) groups is 1. The summed E-state index contributed by atoms with van der Waals surface area (Å²) in [5.74, 6) is -0.663. The van der Waals surface area contributed by atoms with E-state index in [1.807, 2.05) is 55.5 Å². The first-order valence-electron chi connectivity index (χ1n) is 6.28. The van der Waals surface area contributed by atoms with E-state index in [2.05, 4.69) is 0 Å². The Morgan fingerprint density at radius 1 is 1.11 bits per heavy atom. The fourth-order valence-electron chi connectivity index (χ4n) is 2.26. The molecule has 1 unspecified atom stereocenters. The molecule has 0 saturated heterocycles. The van der Waals surface area contributed by atoms with Crippen molar-refractivity contribution in [1.82, 2.24) is 0 Å². The molecule has 0 bridgehead atoms. The summed E-state index contributed by atoms with van der Waals surface area (Å²) in [4.78, 5) is 11.7. The van der Waals surface area contributed by atoms with Crippen LogP contribution < -0.4 is 11.5 Å². The monoisotopic (exact) mass is 254 g/mol. The summed E-state index contributed by atoms with van der Waals surface area (Å²) in [6.07, 6.45) is 0.598. The van der Waals surface area contributed by atoms with Crippen LogP contribution in [0.2, 0.25) is 0 Å². The Bertz CT molecular complexity index is 579. The highest BCUT2D eigenvalue weighted by atomic mass is 16.1. The minimum absolute atomic E-state index is 0.322. The van der Waals surface area contributed by atoms with Crippen LogP contribution in [0.3, 0.4) is 0 Å². The summed E-state index contributed by atoms with van der Waals surface area (Å²) in [5, 5.41) is 0. The number of nitrogen functional groups attached to an aromatic ring is 1. The van der Waals surface area contributed by atoms with Crippen molar-refractivity contribution in [3.63, 3.8) is 0 Å².